The van der Waals surface area contributed by atoms with Gasteiger partial charge in [0.1, 0.15) is 11.5 Å². The second-order valence-electron chi connectivity index (χ2n) is 9.76. The number of aromatic nitrogens is 1. The van der Waals surface area contributed by atoms with Crippen LogP contribution in [0.3, 0.4) is 0 Å². The molecular formula is C27H38N4O3. The number of aldehydes is 1. The molecular weight excluding hydrogens is 428 g/mol. The highest BCUT2D eigenvalue weighted by atomic mass is 16.4. The topological polar surface area (TPSA) is 98.5 Å². The molecule has 4 rings (SSSR count). The summed E-state index contributed by atoms with van der Waals surface area (Å²) in [6.45, 7) is 5.33. The van der Waals surface area contributed by atoms with Crippen molar-refractivity contribution in [3.8, 4) is 0 Å². The lowest BCUT2D eigenvalue weighted by Crippen LogP contribution is -2.42. The van der Waals surface area contributed by atoms with Crippen LogP contribution in [-0.2, 0) is 4.74 Å². The summed E-state index contributed by atoms with van der Waals surface area (Å²) in [7, 11) is 3.25. The molecule has 7 heteroatoms. The molecule has 1 saturated heterocycles. The predicted molar refractivity (Wildman–Crippen MR) is 138 cm³/mol. The van der Waals surface area contributed by atoms with E-state index >= 15 is 0 Å². The Balaban J connectivity index is 0.00000103. The van der Waals surface area contributed by atoms with Gasteiger partial charge in [0.05, 0.1) is 16.9 Å². The number of hydrogen-bond donors (Lipinski definition) is 3. The van der Waals surface area contributed by atoms with Crippen LogP contribution in [-0.4, -0.2) is 55.0 Å². The summed E-state index contributed by atoms with van der Waals surface area (Å²) in [4.78, 5) is 18.5. The quantitative estimate of drug-likeness (QED) is 0.390. The molecule has 0 radical (unpaired) electrons. The lowest BCUT2D eigenvalue weighted by atomic mass is 9.78. The number of piperidine rings is 1. The predicted octanol–water partition coefficient (Wildman–Crippen LogP) is 5.06. The molecule has 1 aromatic carbocycles. The van der Waals surface area contributed by atoms with E-state index in [9.17, 15) is 9.90 Å². The van der Waals surface area contributed by atoms with Crippen LogP contribution in [0.1, 0.15) is 62.0 Å². The van der Waals surface area contributed by atoms with Crippen molar-refractivity contribution in [1.29, 1.82) is 5.41 Å². The molecule has 1 aromatic heterocycles. The Kier molecular flexibility index (Phi) is 8.80. The van der Waals surface area contributed by atoms with Gasteiger partial charge in [-0.15, -0.1) is 0 Å². The van der Waals surface area contributed by atoms with Crippen LogP contribution in [0, 0.1) is 17.2 Å². The Labute approximate surface area is 203 Å². The molecule has 7 nitrogen and oxygen atoms in total. The van der Waals surface area contributed by atoms with Crippen molar-refractivity contribution >= 4 is 29.2 Å². The van der Waals surface area contributed by atoms with Gasteiger partial charge in [0.15, 0.2) is 6.29 Å². The average molecular weight is 467 g/mol. The minimum Gasteiger partial charge on any atom is -0.390 e. The smallest absolute Gasteiger partial charge is 0.168 e. The molecule has 3 N–H and O–H groups in total. The average Bonchev–Trinajstić information content (AvgIpc) is 2.78. The normalized spacial score (nSPS) is 16.8. The Morgan fingerprint density at radius 3 is 2.29 bits per heavy atom. The molecule has 0 bridgehead atoms. The highest BCUT2D eigenvalue weighted by Gasteiger charge is 2.34. The molecule has 2 aromatic rings. The number of ether oxygens (including phenoxy) is 1. The van der Waals surface area contributed by atoms with Gasteiger partial charge in [-0.05, 0) is 63.6 Å². The zero-order chi connectivity index (χ0) is 24.7. The van der Waals surface area contributed by atoms with Crippen molar-refractivity contribution < 1.29 is 14.6 Å². The number of carbonyl (C=O) groups is 1. The highest BCUT2D eigenvalue weighted by Crippen LogP contribution is 2.39. The molecule has 0 unspecified atom stereocenters. The molecule has 0 amide bonds. The van der Waals surface area contributed by atoms with Crippen LogP contribution in [0.4, 0.5) is 17.2 Å². The number of methoxy groups -OCH3 is 1. The molecule has 0 atom stereocenters. The summed E-state index contributed by atoms with van der Waals surface area (Å²) in [5.74, 6) is 1.06. The number of aliphatic hydroxyl groups is 1. The first-order valence-electron chi connectivity index (χ1n) is 12.1. The van der Waals surface area contributed by atoms with Crippen LogP contribution in [0.15, 0.2) is 36.4 Å². The standard InChI is InChI=1S/C25H32N4O2.C2H6O/c1-25(2,31)18-11-13-29(14-12-18)21-15-20(16-30)28-24(27-19-9-4-3-5-10-19)22(21)23(26)17-7-6-8-17;1-3-2/h3-5,9-10,15-18,26,31H,6-8,11-14H2,1-2H3,(H,27,28);1-2H3. The van der Waals surface area contributed by atoms with Gasteiger partial charge in [0, 0.05) is 44.6 Å². The Hall–Kier alpha value is -2.77. The van der Waals surface area contributed by atoms with Gasteiger partial charge in [0.2, 0.25) is 0 Å². The van der Waals surface area contributed by atoms with Crippen molar-refractivity contribution in [3.63, 3.8) is 0 Å². The maximum absolute atomic E-state index is 11.7. The lowest BCUT2D eigenvalue weighted by Gasteiger charge is -2.40. The monoisotopic (exact) mass is 466 g/mol. The van der Waals surface area contributed by atoms with Crippen LogP contribution >= 0.6 is 0 Å². The molecule has 1 saturated carbocycles. The largest absolute Gasteiger partial charge is 0.390 e. The van der Waals surface area contributed by atoms with Gasteiger partial charge in [-0.3, -0.25) is 4.79 Å². The number of anilines is 3. The van der Waals surface area contributed by atoms with Gasteiger partial charge in [0.25, 0.3) is 0 Å². The molecule has 1 aliphatic carbocycles. The number of nitrogens with zero attached hydrogens (tertiary/aromatic N) is 2. The summed E-state index contributed by atoms with van der Waals surface area (Å²) >= 11 is 0. The summed E-state index contributed by atoms with van der Waals surface area (Å²) in [6.07, 6.45) is 5.74. The van der Waals surface area contributed by atoms with Crippen molar-refractivity contribution in [1.82, 2.24) is 4.98 Å². The number of para-hydroxylation sites is 1. The molecule has 2 fully saturated rings. The minimum absolute atomic E-state index is 0.243. The van der Waals surface area contributed by atoms with Gasteiger partial charge in [-0.25, -0.2) is 4.98 Å². The third-order valence-corrected chi connectivity index (χ3v) is 6.79. The minimum atomic E-state index is -0.695. The van der Waals surface area contributed by atoms with E-state index in [0.29, 0.717) is 17.2 Å². The number of rotatable bonds is 7. The third-order valence-electron chi connectivity index (χ3n) is 6.79. The van der Waals surface area contributed by atoms with Crippen LogP contribution in [0.25, 0.3) is 0 Å². The molecule has 0 spiro atoms. The molecule has 1 aliphatic heterocycles. The highest BCUT2D eigenvalue weighted by molar-refractivity contribution is 6.09. The first kappa shape index (κ1) is 25.8. The van der Waals surface area contributed by atoms with Gasteiger partial charge in [-0.1, -0.05) is 24.6 Å². The maximum atomic E-state index is 11.7. The fourth-order valence-electron chi connectivity index (χ4n) is 4.60. The van der Waals surface area contributed by atoms with Crippen LogP contribution in [0.5, 0.6) is 0 Å². The third kappa shape index (κ3) is 6.21. The van der Waals surface area contributed by atoms with Crippen LogP contribution in [0.2, 0.25) is 0 Å². The van der Waals surface area contributed by atoms with Crippen molar-refractivity contribution in [2.45, 2.75) is 51.6 Å². The first-order chi connectivity index (χ1) is 16.3. The zero-order valence-corrected chi connectivity index (χ0v) is 20.8. The van der Waals surface area contributed by atoms with Gasteiger partial charge in [-0.2, -0.15) is 0 Å². The zero-order valence-electron chi connectivity index (χ0n) is 20.8. The van der Waals surface area contributed by atoms with E-state index in [4.69, 9.17) is 5.41 Å². The maximum Gasteiger partial charge on any atom is 0.168 e. The molecule has 184 valence electrons. The number of hydrogen-bond acceptors (Lipinski definition) is 7. The van der Waals surface area contributed by atoms with Gasteiger partial charge >= 0.3 is 0 Å². The second kappa shape index (κ2) is 11.6. The number of carbonyl (C=O) groups excluding carboxylic acids is 1. The number of benzene rings is 1. The van der Waals surface area contributed by atoms with E-state index in [1.807, 2.05) is 50.2 Å². The molecule has 34 heavy (non-hydrogen) atoms. The fraction of sp³-hybridized carbons (Fsp3) is 0.519. The van der Waals surface area contributed by atoms with E-state index < -0.39 is 5.60 Å². The van der Waals surface area contributed by atoms with Crippen molar-refractivity contribution in [2.75, 3.05) is 37.5 Å². The van der Waals surface area contributed by atoms with E-state index in [1.165, 1.54) is 0 Å². The van der Waals surface area contributed by atoms with Gasteiger partial charge < -0.3 is 25.5 Å². The summed E-state index contributed by atoms with van der Waals surface area (Å²) < 4.78 is 4.25. The van der Waals surface area contributed by atoms with Crippen molar-refractivity contribution in [3.05, 3.63) is 47.7 Å². The van der Waals surface area contributed by atoms with E-state index in [2.05, 4.69) is 19.9 Å². The number of pyridine rings is 1. The Bertz CT molecular complexity index is 960. The Morgan fingerprint density at radius 1 is 1.18 bits per heavy atom. The number of nitrogens with one attached hydrogen (secondary N) is 2. The van der Waals surface area contributed by atoms with E-state index in [-0.39, 0.29) is 11.8 Å². The first-order valence-corrected chi connectivity index (χ1v) is 12.1. The Morgan fingerprint density at radius 2 is 1.79 bits per heavy atom. The lowest BCUT2D eigenvalue weighted by molar-refractivity contribution is 0.00651. The summed E-state index contributed by atoms with van der Waals surface area (Å²) in [5, 5.41) is 22.8. The SMILES string of the molecule is CC(C)(O)C1CCN(c2cc(C=O)nc(Nc3ccccc3)c2C(=N)C2CCC2)CC1.COC. The van der Waals surface area contributed by atoms with E-state index in [1.54, 1.807) is 14.2 Å². The second-order valence-corrected chi connectivity index (χ2v) is 9.76. The van der Waals surface area contributed by atoms with Crippen LogP contribution < -0.4 is 10.2 Å². The van der Waals surface area contributed by atoms with Crippen molar-refractivity contribution in [2.24, 2.45) is 11.8 Å². The summed E-state index contributed by atoms with van der Waals surface area (Å²) in [6, 6.07) is 11.6. The summed E-state index contributed by atoms with van der Waals surface area (Å²) in [5.41, 5.74) is 2.87. The van der Waals surface area contributed by atoms with E-state index in [0.717, 1.165) is 68.4 Å². The fourth-order valence-corrected chi connectivity index (χ4v) is 4.60. The molecule has 2 aliphatic rings. The molecule has 2 heterocycles.